The molecule has 2 aromatic rings. The second-order valence-electron chi connectivity index (χ2n) is 5.39. The van der Waals surface area contributed by atoms with Gasteiger partial charge in [-0.15, -0.1) is 0 Å². The van der Waals surface area contributed by atoms with E-state index in [4.69, 9.17) is 38.0 Å². The van der Waals surface area contributed by atoms with Crippen molar-refractivity contribution in [3.8, 4) is 17.2 Å². The molecule has 7 heteroatoms. The van der Waals surface area contributed by atoms with Gasteiger partial charge in [0.25, 0.3) is 0 Å². The lowest BCUT2D eigenvalue weighted by Gasteiger charge is -2.15. The van der Waals surface area contributed by atoms with Crippen molar-refractivity contribution >= 4 is 34.6 Å². The lowest BCUT2D eigenvalue weighted by Crippen LogP contribution is -2.30. The minimum atomic E-state index is 0.476. The summed E-state index contributed by atoms with van der Waals surface area (Å²) in [5.74, 6) is 2.02. The normalized spacial score (nSPS) is 10.2. The number of benzene rings is 2. The first-order chi connectivity index (χ1) is 12.6. The summed E-state index contributed by atoms with van der Waals surface area (Å²) < 4.78 is 16.0. The zero-order chi connectivity index (χ0) is 18.9. The van der Waals surface area contributed by atoms with Gasteiger partial charge in [0.1, 0.15) is 17.2 Å². The first-order valence-electron chi connectivity index (χ1n) is 8.25. The summed E-state index contributed by atoms with van der Waals surface area (Å²) in [6.45, 7) is 3.34. The number of thiocarbonyl (C=S) groups is 1. The van der Waals surface area contributed by atoms with Crippen LogP contribution < -0.4 is 24.8 Å². The van der Waals surface area contributed by atoms with Crippen LogP contribution in [0.15, 0.2) is 36.4 Å². The van der Waals surface area contributed by atoms with E-state index in [2.05, 4.69) is 22.8 Å². The van der Waals surface area contributed by atoms with E-state index < -0.39 is 0 Å². The van der Waals surface area contributed by atoms with Crippen LogP contribution >= 0.6 is 23.8 Å². The summed E-state index contributed by atoms with van der Waals surface area (Å²) in [7, 11) is 3.14. The SMILES string of the molecule is CCOc1ccc(CCNC(=S)Nc2cc(OC)c(Cl)cc2OC)cc1. The lowest BCUT2D eigenvalue weighted by atomic mass is 10.1. The van der Waals surface area contributed by atoms with Gasteiger partial charge in [0, 0.05) is 18.7 Å². The van der Waals surface area contributed by atoms with Crippen LogP contribution in [0.4, 0.5) is 5.69 Å². The molecular formula is C19H23ClN2O3S. The predicted octanol–water partition coefficient (Wildman–Crippen LogP) is 4.29. The molecule has 0 saturated carbocycles. The maximum Gasteiger partial charge on any atom is 0.170 e. The molecule has 0 radical (unpaired) electrons. The monoisotopic (exact) mass is 394 g/mol. The van der Waals surface area contributed by atoms with E-state index in [1.165, 1.54) is 5.56 Å². The number of ether oxygens (including phenoxy) is 3. The molecule has 0 amide bonds. The zero-order valence-corrected chi connectivity index (χ0v) is 16.7. The number of methoxy groups -OCH3 is 2. The Morgan fingerprint density at radius 2 is 1.77 bits per heavy atom. The molecule has 0 aliphatic carbocycles. The Hall–Kier alpha value is -2.18. The standard InChI is InChI=1S/C19H23ClN2O3S/c1-4-25-14-7-5-13(6-8-14)9-10-21-19(26)22-16-12-17(23-2)15(20)11-18(16)24-3/h5-8,11-12H,4,9-10H2,1-3H3,(H2,21,22,26). The summed E-state index contributed by atoms with van der Waals surface area (Å²) in [6.07, 6.45) is 0.843. The first kappa shape index (κ1) is 20.1. The van der Waals surface area contributed by atoms with Gasteiger partial charge in [0.15, 0.2) is 5.11 Å². The van der Waals surface area contributed by atoms with E-state index in [0.29, 0.717) is 40.5 Å². The number of nitrogens with one attached hydrogen (secondary N) is 2. The van der Waals surface area contributed by atoms with Crippen LogP contribution in [-0.4, -0.2) is 32.5 Å². The average Bonchev–Trinajstić information content (AvgIpc) is 2.64. The smallest absolute Gasteiger partial charge is 0.170 e. The quantitative estimate of drug-likeness (QED) is 0.651. The van der Waals surface area contributed by atoms with Crippen molar-refractivity contribution in [2.75, 3.05) is 32.7 Å². The van der Waals surface area contributed by atoms with E-state index in [0.717, 1.165) is 12.2 Å². The highest BCUT2D eigenvalue weighted by molar-refractivity contribution is 7.80. The summed E-state index contributed by atoms with van der Waals surface area (Å²) in [5, 5.41) is 7.27. The van der Waals surface area contributed by atoms with Crippen molar-refractivity contribution in [2.24, 2.45) is 0 Å². The molecule has 0 aromatic heterocycles. The van der Waals surface area contributed by atoms with Crippen molar-refractivity contribution in [3.05, 3.63) is 47.0 Å². The Bertz CT molecular complexity index is 738. The summed E-state index contributed by atoms with van der Waals surface area (Å²) in [5.41, 5.74) is 1.89. The van der Waals surface area contributed by atoms with Crippen LogP contribution in [0.1, 0.15) is 12.5 Å². The highest BCUT2D eigenvalue weighted by Crippen LogP contribution is 2.35. The van der Waals surface area contributed by atoms with Crippen molar-refractivity contribution in [3.63, 3.8) is 0 Å². The second kappa shape index (κ2) is 10.1. The van der Waals surface area contributed by atoms with Gasteiger partial charge in [-0.1, -0.05) is 23.7 Å². The number of anilines is 1. The molecule has 0 bridgehead atoms. The lowest BCUT2D eigenvalue weighted by molar-refractivity contribution is 0.340. The molecular weight excluding hydrogens is 372 g/mol. The molecule has 2 rings (SSSR count). The fraction of sp³-hybridized carbons (Fsp3) is 0.316. The molecule has 5 nitrogen and oxygen atoms in total. The third kappa shape index (κ3) is 5.68. The van der Waals surface area contributed by atoms with Crippen LogP contribution in [0.25, 0.3) is 0 Å². The van der Waals surface area contributed by atoms with Crippen LogP contribution in [0.3, 0.4) is 0 Å². The van der Waals surface area contributed by atoms with E-state index >= 15 is 0 Å². The highest BCUT2D eigenvalue weighted by Gasteiger charge is 2.11. The van der Waals surface area contributed by atoms with E-state index in [1.54, 1.807) is 26.4 Å². The number of hydrogen-bond donors (Lipinski definition) is 2. The van der Waals surface area contributed by atoms with Crippen LogP contribution in [0, 0.1) is 0 Å². The van der Waals surface area contributed by atoms with Gasteiger partial charge in [0.2, 0.25) is 0 Å². The van der Waals surface area contributed by atoms with Crippen LogP contribution in [0.2, 0.25) is 5.02 Å². The van der Waals surface area contributed by atoms with Gasteiger partial charge in [-0.25, -0.2) is 0 Å². The third-order valence-electron chi connectivity index (χ3n) is 3.66. The van der Waals surface area contributed by atoms with Crippen molar-refractivity contribution < 1.29 is 14.2 Å². The van der Waals surface area contributed by atoms with E-state index in [1.807, 2.05) is 19.1 Å². The molecule has 0 aliphatic rings. The van der Waals surface area contributed by atoms with Crippen LogP contribution in [-0.2, 0) is 6.42 Å². The predicted molar refractivity (Wildman–Crippen MR) is 110 cm³/mol. The molecule has 0 unspecified atom stereocenters. The summed E-state index contributed by atoms with van der Waals surface area (Å²) in [6, 6.07) is 11.5. The zero-order valence-electron chi connectivity index (χ0n) is 15.1. The highest BCUT2D eigenvalue weighted by atomic mass is 35.5. The molecule has 0 fully saturated rings. The molecule has 26 heavy (non-hydrogen) atoms. The Balaban J connectivity index is 1.88. The van der Waals surface area contributed by atoms with Gasteiger partial charge in [-0.05, 0) is 43.3 Å². The molecule has 140 valence electrons. The Labute approximate surface area is 164 Å². The maximum absolute atomic E-state index is 6.11. The van der Waals surface area contributed by atoms with E-state index in [9.17, 15) is 0 Å². The molecule has 0 spiro atoms. The maximum atomic E-state index is 6.11. The molecule has 0 atom stereocenters. The van der Waals surface area contributed by atoms with Gasteiger partial charge >= 0.3 is 0 Å². The minimum Gasteiger partial charge on any atom is -0.495 e. The van der Waals surface area contributed by atoms with Gasteiger partial charge in [0.05, 0.1) is 31.5 Å². The molecule has 2 aromatic carbocycles. The second-order valence-corrected chi connectivity index (χ2v) is 6.21. The third-order valence-corrected chi connectivity index (χ3v) is 4.20. The van der Waals surface area contributed by atoms with Crippen molar-refractivity contribution in [1.29, 1.82) is 0 Å². The topological polar surface area (TPSA) is 51.8 Å². The number of halogens is 1. The number of rotatable bonds is 8. The number of hydrogen-bond acceptors (Lipinski definition) is 4. The molecule has 0 heterocycles. The first-order valence-corrected chi connectivity index (χ1v) is 9.04. The molecule has 0 aliphatic heterocycles. The Kier molecular flexibility index (Phi) is 7.81. The van der Waals surface area contributed by atoms with Crippen LogP contribution in [0.5, 0.6) is 17.2 Å². The summed E-state index contributed by atoms with van der Waals surface area (Å²) in [4.78, 5) is 0. The molecule has 0 saturated heterocycles. The van der Waals surface area contributed by atoms with Gasteiger partial charge < -0.3 is 24.8 Å². The van der Waals surface area contributed by atoms with Gasteiger partial charge in [-0.2, -0.15) is 0 Å². The van der Waals surface area contributed by atoms with Crippen molar-refractivity contribution in [2.45, 2.75) is 13.3 Å². The largest absolute Gasteiger partial charge is 0.495 e. The fourth-order valence-electron chi connectivity index (χ4n) is 2.36. The fourth-order valence-corrected chi connectivity index (χ4v) is 2.81. The average molecular weight is 395 g/mol. The van der Waals surface area contributed by atoms with Gasteiger partial charge in [-0.3, -0.25) is 0 Å². The summed E-state index contributed by atoms with van der Waals surface area (Å²) >= 11 is 11.5. The Morgan fingerprint density at radius 3 is 2.38 bits per heavy atom. The van der Waals surface area contributed by atoms with Crippen molar-refractivity contribution in [1.82, 2.24) is 5.32 Å². The minimum absolute atomic E-state index is 0.476. The Morgan fingerprint density at radius 1 is 1.08 bits per heavy atom. The van der Waals surface area contributed by atoms with E-state index in [-0.39, 0.29) is 0 Å². The molecule has 2 N–H and O–H groups in total.